The average Bonchev–Trinajstić information content (AvgIpc) is 2.52. The van der Waals surface area contributed by atoms with E-state index in [1.54, 1.807) is 7.11 Å². The normalized spacial score (nSPS) is 10.5. The summed E-state index contributed by atoms with van der Waals surface area (Å²) in [6, 6.07) is 15.1. The van der Waals surface area contributed by atoms with Crippen molar-refractivity contribution in [2.24, 2.45) is 0 Å². The molecule has 0 spiro atoms. The van der Waals surface area contributed by atoms with Crippen molar-refractivity contribution >= 4 is 5.69 Å². The van der Waals surface area contributed by atoms with Crippen LogP contribution in [0.15, 0.2) is 42.5 Å². The lowest BCUT2D eigenvalue weighted by molar-refractivity contribution is 0.414. The topological polar surface area (TPSA) is 12.5 Å². The van der Waals surface area contributed by atoms with E-state index in [0.29, 0.717) is 0 Å². The molecule has 0 aromatic heterocycles. The number of benzene rings is 2. The van der Waals surface area contributed by atoms with Crippen LogP contribution < -0.4 is 9.64 Å². The molecule has 112 valence electrons. The summed E-state index contributed by atoms with van der Waals surface area (Å²) < 4.78 is 5.20. The molecule has 2 aromatic carbocycles. The first kappa shape index (κ1) is 15.4. The van der Waals surface area contributed by atoms with Gasteiger partial charge in [0, 0.05) is 18.8 Å². The lowest BCUT2D eigenvalue weighted by Crippen LogP contribution is -2.21. The minimum absolute atomic E-state index is 0.910. The number of rotatable bonds is 6. The maximum atomic E-state index is 5.20. The molecule has 0 unspecified atom stereocenters. The number of anilines is 1. The lowest BCUT2D eigenvalue weighted by atomic mass is 9.99. The zero-order valence-corrected chi connectivity index (χ0v) is 13.5. The Balaban J connectivity index is 2.16. The summed E-state index contributed by atoms with van der Waals surface area (Å²) in [7, 11) is 1.70. The van der Waals surface area contributed by atoms with Gasteiger partial charge in [-0.2, -0.15) is 0 Å². The monoisotopic (exact) mass is 283 g/mol. The van der Waals surface area contributed by atoms with Crippen LogP contribution >= 0.6 is 0 Å². The molecule has 0 atom stereocenters. The molecule has 2 aromatic rings. The third kappa shape index (κ3) is 3.78. The molecule has 0 heterocycles. The third-order valence-corrected chi connectivity index (χ3v) is 4.01. The Morgan fingerprint density at radius 1 is 0.952 bits per heavy atom. The first-order chi connectivity index (χ1) is 10.2. The van der Waals surface area contributed by atoms with Crippen molar-refractivity contribution in [2.75, 3.05) is 25.1 Å². The van der Waals surface area contributed by atoms with Crippen LogP contribution in [-0.2, 0) is 6.42 Å². The summed E-state index contributed by atoms with van der Waals surface area (Å²) in [5.41, 5.74) is 5.37. The molecule has 21 heavy (non-hydrogen) atoms. The van der Waals surface area contributed by atoms with Gasteiger partial charge in [-0.05, 0) is 68.1 Å². The smallest absolute Gasteiger partial charge is 0.118 e. The number of aryl methyl sites for hydroxylation is 1. The summed E-state index contributed by atoms with van der Waals surface area (Å²) in [5, 5.41) is 0. The summed E-state index contributed by atoms with van der Waals surface area (Å²) in [4.78, 5) is 2.38. The van der Waals surface area contributed by atoms with E-state index in [0.717, 1.165) is 25.3 Å². The summed E-state index contributed by atoms with van der Waals surface area (Å²) >= 11 is 0. The van der Waals surface area contributed by atoms with Crippen LogP contribution in [0.25, 0.3) is 0 Å². The fourth-order valence-electron chi connectivity index (χ4n) is 2.63. The first-order valence-corrected chi connectivity index (χ1v) is 7.65. The van der Waals surface area contributed by atoms with Gasteiger partial charge in [0.2, 0.25) is 0 Å². The van der Waals surface area contributed by atoms with E-state index >= 15 is 0 Å². The van der Waals surface area contributed by atoms with E-state index in [2.05, 4.69) is 56.0 Å². The molecule has 0 fully saturated rings. The minimum atomic E-state index is 0.910. The SMILES string of the molecule is CCN(CC)c1ccc(Cc2ccc(OC)cc2)c(C)c1. The van der Waals surface area contributed by atoms with Crippen LogP contribution in [0, 0.1) is 6.92 Å². The van der Waals surface area contributed by atoms with Crippen molar-refractivity contribution in [1.82, 2.24) is 0 Å². The molecule has 0 amide bonds. The van der Waals surface area contributed by atoms with Crippen LogP contribution in [-0.4, -0.2) is 20.2 Å². The van der Waals surface area contributed by atoms with Gasteiger partial charge in [0.25, 0.3) is 0 Å². The van der Waals surface area contributed by atoms with E-state index < -0.39 is 0 Å². The van der Waals surface area contributed by atoms with Crippen LogP contribution in [0.1, 0.15) is 30.5 Å². The Morgan fingerprint density at radius 3 is 2.14 bits per heavy atom. The summed E-state index contributed by atoms with van der Waals surface area (Å²) in [6.07, 6.45) is 0.967. The number of methoxy groups -OCH3 is 1. The molecule has 0 aliphatic carbocycles. The van der Waals surface area contributed by atoms with Gasteiger partial charge >= 0.3 is 0 Å². The second kappa shape index (κ2) is 7.16. The van der Waals surface area contributed by atoms with Gasteiger partial charge in [0.05, 0.1) is 7.11 Å². The van der Waals surface area contributed by atoms with Gasteiger partial charge in [0.1, 0.15) is 5.75 Å². The van der Waals surface area contributed by atoms with Crippen molar-refractivity contribution in [3.05, 3.63) is 59.2 Å². The highest BCUT2D eigenvalue weighted by atomic mass is 16.5. The van der Waals surface area contributed by atoms with E-state index in [4.69, 9.17) is 4.74 Å². The van der Waals surface area contributed by atoms with Crippen LogP contribution in [0.3, 0.4) is 0 Å². The molecule has 0 aliphatic heterocycles. The second-order valence-corrected chi connectivity index (χ2v) is 5.31. The van der Waals surface area contributed by atoms with Crippen molar-refractivity contribution in [1.29, 1.82) is 0 Å². The Kier molecular flexibility index (Phi) is 5.26. The predicted molar refractivity (Wildman–Crippen MR) is 90.5 cm³/mol. The molecule has 0 aliphatic rings. The molecule has 0 saturated heterocycles. The zero-order chi connectivity index (χ0) is 15.2. The Morgan fingerprint density at radius 2 is 1.62 bits per heavy atom. The van der Waals surface area contributed by atoms with Crippen molar-refractivity contribution in [3.8, 4) is 5.75 Å². The maximum Gasteiger partial charge on any atom is 0.118 e. The minimum Gasteiger partial charge on any atom is -0.497 e. The van der Waals surface area contributed by atoms with Gasteiger partial charge < -0.3 is 9.64 Å². The number of hydrogen-bond donors (Lipinski definition) is 0. The van der Waals surface area contributed by atoms with Gasteiger partial charge in [-0.3, -0.25) is 0 Å². The van der Waals surface area contributed by atoms with Gasteiger partial charge in [-0.15, -0.1) is 0 Å². The standard InChI is InChI=1S/C19H25NO/c1-5-20(6-2)18-10-9-17(15(3)13-18)14-16-7-11-19(21-4)12-8-16/h7-13H,5-6,14H2,1-4H3. The van der Waals surface area contributed by atoms with E-state index in [1.165, 1.54) is 22.4 Å². The second-order valence-electron chi connectivity index (χ2n) is 5.31. The fourth-order valence-corrected chi connectivity index (χ4v) is 2.63. The number of ether oxygens (including phenoxy) is 1. The fraction of sp³-hybridized carbons (Fsp3) is 0.368. The highest BCUT2D eigenvalue weighted by Gasteiger charge is 2.06. The molecular weight excluding hydrogens is 258 g/mol. The maximum absolute atomic E-state index is 5.20. The average molecular weight is 283 g/mol. The van der Waals surface area contributed by atoms with Crippen LogP contribution in [0.5, 0.6) is 5.75 Å². The van der Waals surface area contributed by atoms with E-state index in [-0.39, 0.29) is 0 Å². The van der Waals surface area contributed by atoms with Gasteiger partial charge in [-0.1, -0.05) is 18.2 Å². The summed E-state index contributed by atoms with van der Waals surface area (Å²) in [5.74, 6) is 0.910. The first-order valence-electron chi connectivity index (χ1n) is 7.65. The largest absolute Gasteiger partial charge is 0.497 e. The van der Waals surface area contributed by atoms with E-state index in [1.807, 2.05) is 12.1 Å². The quantitative estimate of drug-likeness (QED) is 0.777. The Labute approximate surface area is 128 Å². The molecule has 0 N–H and O–H groups in total. The Bertz CT molecular complexity index is 571. The van der Waals surface area contributed by atoms with Gasteiger partial charge in [0.15, 0.2) is 0 Å². The zero-order valence-electron chi connectivity index (χ0n) is 13.5. The molecule has 0 bridgehead atoms. The van der Waals surface area contributed by atoms with Crippen LogP contribution in [0.4, 0.5) is 5.69 Å². The molecule has 0 saturated carbocycles. The molecular formula is C19H25NO. The Hall–Kier alpha value is -1.96. The lowest BCUT2D eigenvalue weighted by Gasteiger charge is -2.22. The molecule has 2 heteroatoms. The number of hydrogen-bond acceptors (Lipinski definition) is 2. The van der Waals surface area contributed by atoms with Gasteiger partial charge in [-0.25, -0.2) is 0 Å². The highest BCUT2D eigenvalue weighted by Crippen LogP contribution is 2.22. The van der Waals surface area contributed by atoms with Crippen LogP contribution in [0.2, 0.25) is 0 Å². The molecule has 2 nitrogen and oxygen atoms in total. The van der Waals surface area contributed by atoms with Crippen molar-refractivity contribution < 1.29 is 4.74 Å². The molecule has 0 radical (unpaired) electrons. The highest BCUT2D eigenvalue weighted by molar-refractivity contribution is 5.51. The van der Waals surface area contributed by atoms with E-state index in [9.17, 15) is 0 Å². The predicted octanol–water partition coefficient (Wildman–Crippen LogP) is 4.44. The number of nitrogens with zero attached hydrogens (tertiary/aromatic N) is 1. The summed E-state index contributed by atoms with van der Waals surface area (Å²) in [6.45, 7) is 8.70. The van der Waals surface area contributed by atoms with Crippen molar-refractivity contribution in [3.63, 3.8) is 0 Å². The third-order valence-electron chi connectivity index (χ3n) is 4.01. The van der Waals surface area contributed by atoms with Crippen molar-refractivity contribution in [2.45, 2.75) is 27.2 Å². The molecule has 2 rings (SSSR count).